The molecular weight excluding hydrogens is 316 g/mol. The molecule has 22 heavy (non-hydrogen) atoms. The maximum absolute atomic E-state index is 12.5. The zero-order valence-corrected chi connectivity index (χ0v) is 12.4. The number of methoxy groups -OCH3 is 1. The number of ether oxygens (including phenoxy) is 1. The Bertz CT molecular complexity index is 716. The third-order valence-corrected chi connectivity index (χ3v) is 5.39. The van der Waals surface area contributed by atoms with Crippen LogP contribution in [0.15, 0.2) is 23.1 Å². The van der Waals surface area contributed by atoms with E-state index in [1.807, 2.05) is 0 Å². The predicted molar refractivity (Wildman–Crippen MR) is 74.2 cm³/mol. The van der Waals surface area contributed by atoms with Crippen molar-refractivity contribution < 1.29 is 28.0 Å². The predicted octanol–water partition coefficient (Wildman–Crippen LogP) is 0.699. The van der Waals surface area contributed by atoms with E-state index in [-0.39, 0.29) is 25.3 Å². The van der Waals surface area contributed by atoms with Crippen LogP contribution in [0.5, 0.6) is 5.75 Å². The zero-order valence-electron chi connectivity index (χ0n) is 11.6. The number of nitrogens with zero attached hydrogens (tertiary/aromatic N) is 2. The molecule has 0 bridgehead atoms. The second kappa shape index (κ2) is 5.89. The van der Waals surface area contributed by atoms with E-state index in [9.17, 15) is 23.3 Å². The van der Waals surface area contributed by atoms with Crippen molar-refractivity contribution in [2.24, 2.45) is 5.92 Å². The summed E-state index contributed by atoms with van der Waals surface area (Å²) in [6.45, 7) is -0.177. The summed E-state index contributed by atoms with van der Waals surface area (Å²) in [5.41, 5.74) is -0.599. The molecule has 1 atom stereocenters. The molecule has 1 aliphatic rings. The van der Waals surface area contributed by atoms with E-state index >= 15 is 0 Å². The van der Waals surface area contributed by atoms with E-state index < -0.39 is 37.4 Å². The van der Waals surface area contributed by atoms with Crippen LogP contribution >= 0.6 is 0 Å². The van der Waals surface area contributed by atoms with Gasteiger partial charge in [0.2, 0.25) is 10.0 Å². The zero-order chi connectivity index (χ0) is 16.5. The van der Waals surface area contributed by atoms with Crippen molar-refractivity contribution in [2.45, 2.75) is 11.3 Å². The third-order valence-electron chi connectivity index (χ3n) is 3.48. The largest absolute Gasteiger partial charge is 0.497 e. The summed E-state index contributed by atoms with van der Waals surface area (Å²) in [5, 5.41) is 20.0. The van der Waals surface area contributed by atoms with Gasteiger partial charge in [-0.05, 0) is 18.6 Å². The summed E-state index contributed by atoms with van der Waals surface area (Å²) in [7, 11) is -2.82. The average Bonchev–Trinajstić information content (AvgIpc) is 2.97. The van der Waals surface area contributed by atoms with Crippen LogP contribution in [0.3, 0.4) is 0 Å². The van der Waals surface area contributed by atoms with Crippen molar-refractivity contribution in [1.29, 1.82) is 0 Å². The lowest BCUT2D eigenvalue weighted by molar-refractivity contribution is -0.387. The molecule has 0 aromatic heterocycles. The van der Waals surface area contributed by atoms with Crippen molar-refractivity contribution in [3.05, 3.63) is 28.3 Å². The van der Waals surface area contributed by atoms with Gasteiger partial charge in [0, 0.05) is 13.1 Å². The van der Waals surface area contributed by atoms with Crippen LogP contribution in [-0.4, -0.2) is 48.9 Å². The summed E-state index contributed by atoms with van der Waals surface area (Å²) < 4.78 is 30.8. The molecule has 0 radical (unpaired) electrons. The van der Waals surface area contributed by atoms with E-state index in [1.54, 1.807) is 0 Å². The number of nitro benzene ring substituents is 1. The van der Waals surface area contributed by atoms with E-state index in [2.05, 4.69) is 0 Å². The monoisotopic (exact) mass is 330 g/mol. The van der Waals surface area contributed by atoms with E-state index in [4.69, 9.17) is 9.84 Å². The number of aliphatic carboxylic acids is 1. The first-order chi connectivity index (χ1) is 10.3. The molecule has 0 saturated carbocycles. The number of benzene rings is 1. The van der Waals surface area contributed by atoms with Gasteiger partial charge >= 0.3 is 5.97 Å². The Hall–Kier alpha value is -2.20. The van der Waals surface area contributed by atoms with Crippen molar-refractivity contribution in [1.82, 2.24) is 4.31 Å². The summed E-state index contributed by atoms with van der Waals surface area (Å²) in [6.07, 6.45) is 0.179. The fourth-order valence-corrected chi connectivity index (χ4v) is 3.91. The highest BCUT2D eigenvalue weighted by atomic mass is 32.2. The highest BCUT2D eigenvalue weighted by molar-refractivity contribution is 7.89. The topological polar surface area (TPSA) is 127 Å². The van der Waals surface area contributed by atoms with Gasteiger partial charge in [0.25, 0.3) is 5.69 Å². The lowest BCUT2D eigenvalue weighted by atomic mass is 10.1. The van der Waals surface area contributed by atoms with Gasteiger partial charge in [-0.1, -0.05) is 0 Å². The van der Waals surface area contributed by atoms with Gasteiger partial charge in [-0.15, -0.1) is 0 Å². The molecule has 0 amide bonds. The lowest BCUT2D eigenvalue weighted by Gasteiger charge is -2.16. The maximum atomic E-state index is 12.5. The Morgan fingerprint density at radius 2 is 2.18 bits per heavy atom. The third kappa shape index (κ3) is 2.88. The van der Waals surface area contributed by atoms with Crippen LogP contribution in [0.4, 0.5) is 5.69 Å². The van der Waals surface area contributed by atoms with Crippen LogP contribution in [0.1, 0.15) is 6.42 Å². The quantitative estimate of drug-likeness (QED) is 0.621. The molecule has 1 heterocycles. The molecule has 1 saturated heterocycles. The van der Waals surface area contributed by atoms with E-state index in [1.165, 1.54) is 13.2 Å². The first kappa shape index (κ1) is 16.2. The summed E-state index contributed by atoms with van der Waals surface area (Å²) in [4.78, 5) is 20.7. The van der Waals surface area contributed by atoms with E-state index in [0.717, 1.165) is 16.4 Å². The Balaban J connectivity index is 2.42. The molecule has 0 aliphatic carbocycles. The first-order valence-corrected chi connectivity index (χ1v) is 7.76. The molecule has 1 unspecified atom stereocenters. The van der Waals surface area contributed by atoms with Gasteiger partial charge < -0.3 is 9.84 Å². The molecule has 1 aliphatic heterocycles. The number of hydrogen-bond acceptors (Lipinski definition) is 6. The number of rotatable bonds is 5. The number of carbonyl (C=O) groups is 1. The van der Waals surface area contributed by atoms with Gasteiger partial charge in [-0.2, -0.15) is 4.31 Å². The Morgan fingerprint density at radius 3 is 2.68 bits per heavy atom. The van der Waals surface area contributed by atoms with Crippen molar-refractivity contribution in [3.63, 3.8) is 0 Å². The molecule has 2 rings (SSSR count). The lowest BCUT2D eigenvalue weighted by Crippen LogP contribution is -2.30. The molecule has 120 valence electrons. The number of nitro groups is 1. The minimum absolute atomic E-state index is 0.0164. The Labute approximate surface area is 126 Å². The van der Waals surface area contributed by atoms with Crippen molar-refractivity contribution >= 4 is 21.7 Å². The van der Waals surface area contributed by atoms with Gasteiger partial charge in [0.05, 0.1) is 24.0 Å². The average molecular weight is 330 g/mol. The molecule has 1 N–H and O–H groups in total. The first-order valence-electron chi connectivity index (χ1n) is 6.32. The van der Waals surface area contributed by atoms with Crippen LogP contribution in [-0.2, 0) is 14.8 Å². The number of sulfonamides is 1. The maximum Gasteiger partial charge on any atom is 0.307 e. The molecule has 9 nitrogen and oxygen atoms in total. The molecule has 1 aromatic carbocycles. The van der Waals surface area contributed by atoms with Gasteiger partial charge in [0.1, 0.15) is 5.75 Å². The van der Waals surface area contributed by atoms with Crippen LogP contribution < -0.4 is 4.74 Å². The van der Waals surface area contributed by atoms with Gasteiger partial charge in [-0.3, -0.25) is 14.9 Å². The summed E-state index contributed by atoms with van der Waals surface area (Å²) in [5.74, 6) is -1.72. The molecule has 0 spiro atoms. The number of carboxylic acids is 1. The fraction of sp³-hybridized carbons (Fsp3) is 0.417. The molecule has 1 aromatic rings. The minimum Gasteiger partial charge on any atom is -0.497 e. The second-order valence-electron chi connectivity index (χ2n) is 4.78. The van der Waals surface area contributed by atoms with Crippen LogP contribution in [0.25, 0.3) is 0 Å². The smallest absolute Gasteiger partial charge is 0.307 e. The summed E-state index contributed by atoms with van der Waals surface area (Å²) >= 11 is 0. The van der Waals surface area contributed by atoms with Crippen molar-refractivity contribution in [3.8, 4) is 5.75 Å². The highest BCUT2D eigenvalue weighted by Crippen LogP contribution is 2.32. The number of hydrogen-bond donors (Lipinski definition) is 1. The van der Waals surface area contributed by atoms with Crippen molar-refractivity contribution in [2.75, 3.05) is 20.2 Å². The second-order valence-corrected chi connectivity index (χ2v) is 6.68. The number of carboxylic acid groups (broad SMARTS) is 1. The summed E-state index contributed by atoms with van der Waals surface area (Å²) in [6, 6.07) is 3.43. The van der Waals surface area contributed by atoms with Gasteiger partial charge in [-0.25, -0.2) is 8.42 Å². The Kier molecular flexibility index (Phi) is 4.33. The van der Waals surface area contributed by atoms with Crippen LogP contribution in [0.2, 0.25) is 0 Å². The molecular formula is C12H14N2O7S. The standard InChI is InChI=1S/C12H14N2O7S/c1-21-9-2-3-11(10(6-9)14(17)18)22(19,20)13-5-4-8(7-13)12(15)16/h2-3,6,8H,4-5,7H2,1H3,(H,15,16). The highest BCUT2D eigenvalue weighted by Gasteiger charge is 2.38. The van der Waals surface area contributed by atoms with Crippen LogP contribution in [0, 0.1) is 16.0 Å². The SMILES string of the molecule is COc1ccc(S(=O)(=O)N2CCC(C(=O)O)C2)c([N+](=O)[O-])c1. The molecule has 1 fully saturated rings. The molecule has 10 heteroatoms. The Morgan fingerprint density at radius 1 is 1.50 bits per heavy atom. The minimum atomic E-state index is -4.13. The van der Waals surface area contributed by atoms with E-state index in [0.29, 0.717) is 0 Å². The fourth-order valence-electron chi connectivity index (χ4n) is 2.27. The van der Waals surface area contributed by atoms with Gasteiger partial charge in [0.15, 0.2) is 4.90 Å². The normalized spacial score (nSPS) is 19.0.